The molecule has 21 heavy (non-hydrogen) atoms. The van der Waals surface area contributed by atoms with Crippen molar-refractivity contribution in [3.63, 3.8) is 0 Å². The molecule has 1 heterocycles. The van der Waals surface area contributed by atoms with Crippen LogP contribution in [0.4, 0.5) is 0 Å². The number of imidazole rings is 1. The van der Waals surface area contributed by atoms with Crippen LogP contribution in [0.2, 0.25) is 0 Å². The number of hydrogen-bond acceptors (Lipinski definition) is 3. The molecule has 1 aromatic carbocycles. The fourth-order valence-corrected chi connectivity index (χ4v) is 2.91. The number of aryl methyl sites for hydroxylation is 2. The van der Waals surface area contributed by atoms with E-state index in [2.05, 4.69) is 23.8 Å². The molecule has 1 unspecified atom stereocenters. The normalized spacial score (nSPS) is 12.8. The maximum atomic E-state index is 5.94. The third-order valence-corrected chi connectivity index (χ3v) is 4.83. The number of halogens is 1. The summed E-state index contributed by atoms with van der Waals surface area (Å²) in [5.74, 6) is 2.51. The van der Waals surface area contributed by atoms with Crippen LogP contribution < -0.4 is 4.74 Å². The molecule has 1 atom stereocenters. The van der Waals surface area contributed by atoms with Crippen molar-refractivity contribution in [2.75, 3.05) is 18.7 Å². The summed E-state index contributed by atoms with van der Waals surface area (Å²) in [7, 11) is 0. The van der Waals surface area contributed by atoms with Crippen LogP contribution in [0.15, 0.2) is 18.2 Å². The van der Waals surface area contributed by atoms with Gasteiger partial charge in [0.1, 0.15) is 17.1 Å². The minimum absolute atomic E-state index is 0.589. The first kappa shape index (κ1) is 16.5. The zero-order valence-electron chi connectivity index (χ0n) is 12.9. The maximum absolute atomic E-state index is 5.94. The van der Waals surface area contributed by atoms with Crippen LogP contribution in [-0.4, -0.2) is 33.5 Å². The number of benzene rings is 1. The fraction of sp³-hybridized carbons (Fsp3) is 0.562. The van der Waals surface area contributed by atoms with Crippen LogP contribution in [0.3, 0.4) is 0 Å². The summed E-state index contributed by atoms with van der Waals surface area (Å²) in [6.45, 7) is 5.88. The molecule has 0 bridgehead atoms. The van der Waals surface area contributed by atoms with Gasteiger partial charge >= 0.3 is 0 Å². The molecule has 0 aliphatic carbocycles. The Morgan fingerprint density at radius 1 is 1.43 bits per heavy atom. The lowest BCUT2D eigenvalue weighted by molar-refractivity contribution is 0.343. The smallest absolute Gasteiger partial charge is 0.147 e. The lowest BCUT2D eigenvalue weighted by Crippen LogP contribution is -2.08. The van der Waals surface area contributed by atoms with Crippen molar-refractivity contribution in [1.29, 1.82) is 0 Å². The number of fused-ring (bicyclic) bond motifs is 1. The monoisotopic (exact) mass is 326 g/mol. The van der Waals surface area contributed by atoms with Crippen molar-refractivity contribution in [2.24, 2.45) is 0 Å². The van der Waals surface area contributed by atoms with E-state index in [0.29, 0.717) is 17.7 Å². The SMILES string of the molecule is CCOc1cccc2c1nc(CCCl)n2CCC(C)SC. The van der Waals surface area contributed by atoms with Gasteiger partial charge < -0.3 is 9.30 Å². The van der Waals surface area contributed by atoms with Gasteiger partial charge in [-0.3, -0.25) is 0 Å². The van der Waals surface area contributed by atoms with Crippen molar-refractivity contribution in [1.82, 2.24) is 9.55 Å². The van der Waals surface area contributed by atoms with Gasteiger partial charge in [-0.1, -0.05) is 13.0 Å². The Morgan fingerprint density at radius 2 is 2.24 bits per heavy atom. The third kappa shape index (κ3) is 3.86. The number of thioether (sulfide) groups is 1. The molecule has 0 saturated carbocycles. The average molecular weight is 327 g/mol. The molecule has 0 aliphatic rings. The van der Waals surface area contributed by atoms with Gasteiger partial charge in [0, 0.05) is 24.1 Å². The van der Waals surface area contributed by atoms with E-state index in [0.717, 1.165) is 42.0 Å². The second-order valence-corrected chi connectivity index (χ2v) is 6.66. The molecular formula is C16H23ClN2OS. The van der Waals surface area contributed by atoms with E-state index in [1.165, 1.54) is 0 Å². The third-order valence-electron chi connectivity index (χ3n) is 3.60. The number of aromatic nitrogens is 2. The van der Waals surface area contributed by atoms with Gasteiger partial charge in [0.2, 0.25) is 0 Å². The Morgan fingerprint density at radius 3 is 2.90 bits per heavy atom. The summed E-state index contributed by atoms with van der Waals surface area (Å²) in [4.78, 5) is 4.77. The Labute approximate surface area is 136 Å². The topological polar surface area (TPSA) is 27.1 Å². The molecule has 0 fully saturated rings. The van der Waals surface area contributed by atoms with Crippen LogP contribution >= 0.6 is 23.4 Å². The van der Waals surface area contributed by atoms with Crippen molar-refractivity contribution >= 4 is 34.4 Å². The molecule has 5 heteroatoms. The summed E-state index contributed by atoms with van der Waals surface area (Å²) in [5.41, 5.74) is 2.10. The molecular weight excluding hydrogens is 304 g/mol. The Kier molecular flexibility index (Phi) is 6.24. The molecule has 0 radical (unpaired) electrons. The first-order valence-electron chi connectivity index (χ1n) is 7.40. The quantitative estimate of drug-likeness (QED) is 0.674. The van der Waals surface area contributed by atoms with Gasteiger partial charge in [0.05, 0.1) is 12.1 Å². The number of para-hydroxylation sites is 1. The number of alkyl halides is 1. The molecule has 3 nitrogen and oxygen atoms in total. The molecule has 0 aliphatic heterocycles. The number of ether oxygens (including phenoxy) is 1. The summed E-state index contributed by atoms with van der Waals surface area (Å²) >= 11 is 7.84. The molecule has 116 valence electrons. The van der Waals surface area contributed by atoms with Gasteiger partial charge in [-0.25, -0.2) is 4.98 Å². The van der Waals surface area contributed by atoms with Crippen LogP contribution in [0, 0.1) is 0 Å². The van der Waals surface area contributed by atoms with Gasteiger partial charge in [0.15, 0.2) is 0 Å². The van der Waals surface area contributed by atoms with E-state index in [1.807, 2.05) is 30.8 Å². The van der Waals surface area contributed by atoms with Crippen molar-refractivity contribution in [2.45, 2.75) is 38.5 Å². The molecule has 0 amide bonds. The zero-order valence-corrected chi connectivity index (χ0v) is 14.5. The number of nitrogens with zero attached hydrogens (tertiary/aromatic N) is 2. The molecule has 1 aromatic heterocycles. The van der Waals surface area contributed by atoms with E-state index in [1.54, 1.807) is 0 Å². The summed E-state index contributed by atoms with van der Waals surface area (Å²) < 4.78 is 8.00. The maximum Gasteiger partial charge on any atom is 0.147 e. The second kappa shape index (κ2) is 7.95. The van der Waals surface area contributed by atoms with E-state index in [9.17, 15) is 0 Å². The molecule has 0 spiro atoms. The summed E-state index contributed by atoms with van der Waals surface area (Å²) in [5, 5.41) is 0.640. The Bertz CT molecular complexity index is 585. The van der Waals surface area contributed by atoms with Crippen LogP contribution in [-0.2, 0) is 13.0 Å². The highest BCUT2D eigenvalue weighted by molar-refractivity contribution is 7.99. The fourth-order valence-electron chi connectivity index (χ4n) is 2.39. The zero-order chi connectivity index (χ0) is 15.2. The Balaban J connectivity index is 2.39. The van der Waals surface area contributed by atoms with Gasteiger partial charge in [-0.2, -0.15) is 11.8 Å². The number of rotatable bonds is 8. The largest absolute Gasteiger partial charge is 0.492 e. The lowest BCUT2D eigenvalue weighted by Gasteiger charge is -2.12. The van der Waals surface area contributed by atoms with Crippen LogP contribution in [0.5, 0.6) is 5.75 Å². The molecule has 0 N–H and O–H groups in total. The van der Waals surface area contributed by atoms with Gasteiger partial charge in [-0.15, -0.1) is 11.6 Å². The minimum Gasteiger partial charge on any atom is -0.492 e. The van der Waals surface area contributed by atoms with Crippen molar-refractivity contribution < 1.29 is 4.74 Å². The lowest BCUT2D eigenvalue weighted by atomic mass is 10.2. The van der Waals surface area contributed by atoms with E-state index < -0.39 is 0 Å². The molecule has 2 rings (SSSR count). The Hall–Kier alpha value is -0.870. The van der Waals surface area contributed by atoms with Gasteiger partial charge in [-0.05, 0) is 31.7 Å². The summed E-state index contributed by atoms with van der Waals surface area (Å²) in [6, 6.07) is 6.14. The number of hydrogen-bond donors (Lipinski definition) is 0. The first-order valence-corrected chi connectivity index (χ1v) is 9.23. The van der Waals surface area contributed by atoms with Crippen LogP contribution in [0.25, 0.3) is 11.0 Å². The summed E-state index contributed by atoms with van der Waals surface area (Å²) in [6.07, 6.45) is 4.07. The standard InChI is InChI=1S/C16H23ClN2OS/c1-4-20-14-7-5-6-13-16(14)18-15(8-10-17)19(13)11-9-12(2)21-3/h5-7,12H,4,8-11H2,1-3H3. The van der Waals surface area contributed by atoms with E-state index in [4.69, 9.17) is 21.3 Å². The molecule has 2 aromatic rings. The van der Waals surface area contributed by atoms with E-state index in [-0.39, 0.29) is 0 Å². The highest BCUT2D eigenvalue weighted by atomic mass is 35.5. The van der Waals surface area contributed by atoms with E-state index >= 15 is 0 Å². The average Bonchev–Trinajstić information content (AvgIpc) is 2.84. The van der Waals surface area contributed by atoms with Gasteiger partial charge in [0.25, 0.3) is 0 Å². The highest BCUT2D eigenvalue weighted by Gasteiger charge is 2.14. The highest BCUT2D eigenvalue weighted by Crippen LogP contribution is 2.27. The van der Waals surface area contributed by atoms with Crippen molar-refractivity contribution in [3.8, 4) is 5.75 Å². The van der Waals surface area contributed by atoms with Crippen LogP contribution in [0.1, 0.15) is 26.1 Å². The predicted octanol–water partition coefficient (Wildman–Crippen LogP) is 4.36. The first-order chi connectivity index (χ1) is 10.2. The molecule has 0 saturated heterocycles. The second-order valence-electron chi connectivity index (χ2n) is 5.01. The minimum atomic E-state index is 0.589. The predicted molar refractivity (Wildman–Crippen MR) is 92.9 cm³/mol. The van der Waals surface area contributed by atoms with Crippen molar-refractivity contribution in [3.05, 3.63) is 24.0 Å².